The Labute approximate surface area is 149 Å². The Hall–Kier alpha value is -1.77. The van der Waals surface area contributed by atoms with Crippen molar-refractivity contribution in [3.8, 4) is 0 Å². The topological polar surface area (TPSA) is 113 Å². The minimum atomic E-state index is -2.72. The Kier molecular flexibility index (Phi) is 4.17. The number of halogens is 2. The number of amides is 3. The highest BCUT2D eigenvalue weighted by Gasteiger charge is 2.66. The van der Waals surface area contributed by atoms with Crippen molar-refractivity contribution in [1.82, 2.24) is 16.0 Å². The highest BCUT2D eigenvalue weighted by atomic mass is 19.3. The van der Waals surface area contributed by atoms with Crippen LogP contribution in [0.3, 0.4) is 0 Å². The van der Waals surface area contributed by atoms with Crippen molar-refractivity contribution < 1.29 is 23.2 Å². The monoisotopic (exact) mass is 370 g/mol. The summed E-state index contributed by atoms with van der Waals surface area (Å²) in [6, 6.07) is -1.71. The number of hydrogen-bond donors (Lipinski definition) is 4. The van der Waals surface area contributed by atoms with E-state index in [0.717, 1.165) is 0 Å². The minimum absolute atomic E-state index is 0.0422. The summed E-state index contributed by atoms with van der Waals surface area (Å²) in [6.07, 6.45) is 1.10. The highest BCUT2D eigenvalue weighted by molar-refractivity contribution is 5.90. The second kappa shape index (κ2) is 6.14. The molecule has 0 spiro atoms. The van der Waals surface area contributed by atoms with Gasteiger partial charge in [-0.15, -0.1) is 0 Å². The molecule has 9 heteroatoms. The summed E-state index contributed by atoms with van der Waals surface area (Å²) < 4.78 is 28.3. The van der Waals surface area contributed by atoms with Gasteiger partial charge in [0.05, 0.1) is 6.04 Å². The van der Waals surface area contributed by atoms with Crippen molar-refractivity contribution in [3.63, 3.8) is 0 Å². The van der Waals surface area contributed by atoms with Crippen molar-refractivity contribution in [1.29, 1.82) is 0 Å². The highest BCUT2D eigenvalue weighted by Crippen LogP contribution is 2.61. The standard InChI is InChI=1S/C17H24F2N4O3/c18-17(19)5-8-3-10(17)12-9(8)6-22-13(12)16(26)23-11(14(20)24)4-7-1-2-21-15(7)25/h7-13,22H,1-6H2,(H2,20,24)(H,21,25)(H,23,26)/t7-,8-,9+,10-,11-,12+,13-/m0/s1. The number of alkyl halides is 2. The van der Waals surface area contributed by atoms with Crippen LogP contribution in [0, 0.1) is 29.6 Å². The maximum Gasteiger partial charge on any atom is 0.251 e. The Morgan fingerprint density at radius 1 is 1.38 bits per heavy atom. The first-order valence-electron chi connectivity index (χ1n) is 9.26. The van der Waals surface area contributed by atoms with Crippen LogP contribution >= 0.6 is 0 Å². The first kappa shape index (κ1) is 17.6. The molecule has 5 N–H and O–H groups in total. The molecule has 2 bridgehead atoms. The molecule has 2 saturated carbocycles. The van der Waals surface area contributed by atoms with E-state index in [9.17, 15) is 23.2 Å². The minimum Gasteiger partial charge on any atom is -0.368 e. The molecule has 7 atom stereocenters. The fourth-order valence-electron chi connectivity index (χ4n) is 5.57. The average Bonchev–Trinajstić information content (AvgIpc) is 3.28. The molecule has 0 aromatic rings. The average molecular weight is 370 g/mol. The smallest absolute Gasteiger partial charge is 0.251 e. The predicted molar refractivity (Wildman–Crippen MR) is 86.8 cm³/mol. The largest absolute Gasteiger partial charge is 0.368 e. The number of carbonyl (C=O) groups is 3. The van der Waals surface area contributed by atoms with E-state index >= 15 is 0 Å². The molecule has 0 radical (unpaired) electrons. The van der Waals surface area contributed by atoms with Gasteiger partial charge in [-0.3, -0.25) is 14.4 Å². The second-order valence-corrected chi connectivity index (χ2v) is 8.17. The fraction of sp³-hybridized carbons (Fsp3) is 0.824. The zero-order valence-electron chi connectivity index (χ0n) is 14.3. The van der Waals surface area contributed by atoms with Crippen molar-refractivity contribution in [2.75, 3.05) is 13.1 Å². The zero-order chi connectivity index (χ0) is 18.6. The van der Waals surface area contributed by atoms with Crippen LogP contribution in [0.5, 0.6) is 0 Å². The molecule has 26 heavy (non-hydrogen) atoms. The third-order valence-electron chi connectivity index (χ3n) is 6.78. The molecule has 144 valence electrons. The van der Waals surface area contributed by atoms with Crippen molar-refractivity contribution in [2.45, 2.75) is 43.7 Å². The quantitative estimate of drug-likeness (QED) is 0.516. The molecule has 4 fully saturated rings. The van der Waals surface area contributed by atoms with E-state index in [4.69, 9.17) is 5.73 Å². The lowest BCUT2D eigenvalue weighted by Crippen LogP contribution is -2.54. The summed E-state index contributed by atoms with van der Waals surface area (Å²) in [6.45, 7) is 1.08. The Bertz CT molecular complexity index is 643. The summed E-state index contributed by atoms with van der Waals surface area (Å²) in [5, 5.41) is 8.35. The van der Waals surface area contributed by atoms with Gasteiger partial charge in [-0.05, 0) is 43.6 Å². The van der Waals surface area contributed by atoms with Crippen LogP contribution in [0.15, 0.2) is 0 Å². The number of fused-ring (bicyclic) bond motifs is 5. The lowest BCUT2D eigenvalue weighted by atomic mass is 9.76. The number of nitrogens with two attached hydrogens (primary N) is 1. The molecular weight excluding hydrogens is 346 g/mol. The van der Waals surface area contributed by atoms with E-state index in [1.807, 2.05) is 0 Å². The molecule has 7 nitrogen and oxygen atoms in total. The zero-order valence-corrected chi connectivity index (χ0v) is 14.3. The number of primary amides is 1. The predicted octanol–water partition coefficient (Wildman–Crippen LogP) is -0.638. The fourth-order valence-corrected chi connectivity index (χ4v) is 5.57. The van der Waals surface area contributed by atoms with Gasteiger partial charge < -0.3 is 21.7 Å². The summed E-state index contributed by atoms with van der Waals surface area (Å²) >= 11 is 0. The van der Waals surface area contributed by atoms with Gasteiger partial charge in [-0.25, -0.2) is 8.78 Å². The lowest BCUT2D eigenvalue weighted by Gasteiger charge is -2.33. The van der Waals surface area contributed by atoms with Gasteiger partial charge in [-0.2, -0.15) is 0 Å². The molecule has 2 aliphatic carbocycles. The van der Waals surface area contributed by atoms with E-state index in [1.165, 1.54) is 0 Å². The SMILES string of the molecule is NC(=O)[C@H](C[C@@H]1CCNC1=O)NC(=O)[C@H]1NC[C@@H]2[C@H]3C[C@@H]([C@@H]21)C(F)(F)C3. The number of rotatable bonds is 5. The van der Waals surface area contributed by atoms with Gasteiger partial charge in [0, 0.05) is 24.8 Å². The van der Waals surface area contributed by atoms with Crippen molar-refractivity contribution >= 4 is 17.7 Å². The Morgan fingerprint density at radius 3 is 2.81 bits per heavy atom. The van der Waals surface area contributed by atoms with Gasteiger partial charge >= 0.3 is 0 Å². The van der Waals surface area contributed by atoms with Crippen LogP contribution in [0.1, 0.15) is 25.7 Å². The Morgan fingerprint density at radius 2 is 2.15 bits per heavy atom. The van der Waals surface area contributed by atoms with Crippen LogP contribution in [0.4, 0.5) is 8.78 Å². The maximum atomic E-state index is 14.1. The molecule has 4 rings (SSSR count). The van der Waals surface area contributed by atoms with E-state index < -0.39 is 41.7 Å². The van der Waals surface area contributed by atoms with Gasteiger partial charge in [0.25, 0.3) is 5.92 Å². The summed E-state index contributed by atoms with van der Waals surface area (Å²) in [5.41, 5.74) is 5.39. The van der Waals surface area contributed by atoms with Crippen LogP contribution in [0.2, 0.25) is 0 Å². The third-order valence-corrected chi connectivity index (χ3v) is 6.78. The van der Waals surface area contributed by atoms with E-state index in [2.05, 4.69) is 16.0 Å². The number of nitrogens with one attached hydrogen (secondary N) is 3. The second-order valence-electron chi connectivity index (χ2n) is 8.17. The van der Waals surface area contributed by atoms with Gasteiger partial charge in [0.2, 0.25) is 17.7 Å². The van der Waals surface area contributed by atoms with Gasteiger partial charge in [0.1, 0.15) is 6.04 Å². The molecule has 0 unspecified atom stereocenters. The van der Waals surface area contributed by atoms with E-state index in [-0.39, 0.29) is 36.5 Å². The van der Waals surface area contributed by atoms with Gasteiger partial charge in [0.15, 0.2) is 0 Å². The van der Waals surface area contributed by atoms with Crippen molar-refractivity contribution in [2.24, 2.45) is 35.3 Å². The van der Waals surface area contributed by atoms with Crippen LogP contribution in [-0.4, -0.2) is 48.8 Å². The lowest BCUT2D eigenvalue weighted by molar-refractivity contribution is -0.132. The molecule has 2 aliphatic heterocycles. The van der Waals surface area contributed by atoms with Crippen LogP contribution < -0.4 is 21.7 Å². The maximum absolute atomic E-state index is 14.1. The van der Waals surface area contributed by atoms with Crippen LogP contribution in [0.25, 0.3) is 0 Å². The number of carbonyl (C=O) groups excluding carboxylic acids is 3. The molecule has 3 amide bonds. The first-order valence-corrected chi connectivity index (χ1v) is 9.26. The van der Waals surface area contributed by atoms with E-state index in [1.54, 1.807) is 0 Å². The normalized spacial score (nSPS) is 40.9. The molecule has 2 heterocycles. The third kappa shape index (κ3) is 2.76. The first-order chi connectivity index (χ1) is 12.3. The molecule has 0 aromatic carbocycles. The summed E-state index contributed by atoms with van der Waals surface area (Å²) in [7, 11) is 0. The number of hydrogen-bond acceptors (Lipinski definition) is 4. The summed E-state index contributed by atoms with van der Waals surface area (Å²) in [5.74, 6) is -5.58. The van der Waals surface area contributed by atoms with Crippen LogP contribution in [-0.2, 0) is 14.4 Å². The summed E-state index contributed by atoms with van der Waals surface area (Å²) in [4.78, 5) is 36.2. The van der Waals surface area contributed by atoms with Crippen molar-refractivity contribution in [3.05, 3.63) is 0 Å². The molecule has 4 aliphatic rings. The molecule has 0 aromatic heterocycles. The molecule has 2 saturated heterocycles. The van der Waals surface area contributed by atoms with Gasteiger partial charge in [-0.1, -0.05) is 0 Å². The van der Waals surface area contributed by atoms with E-state index in [0.29, 0.717) is 25.9 Å². The Balaban J connectivity index is 1.43. The molecular formula is C17H24F2N4O3.